The molecule has 1 heteroatoms. The van der Waals surface area contributed by atoms with Crippen molar-refractivity contribution in [1.82, 2.24) is 5.32 Å². The second kappa shape index (κ2) is 8.23. The maximum absolute atomic E-state index is 3.94. The van der Waals surface area contributed by atoms with Crippen molar-refractivity contribution in [3.05, 3.63) is 96.2 Å². The number of allylic oxidation sites excluding steroid dienone is 4. The van der Waals surface area contributed by atoms with Crippen LogP contribution in [0.5, 0.6) is 0 Å². The van der Waals surface area contributed by atoms with E-state index in [2.05, 4.69) is 104 Å². The molecule has 4 aromatic rings. The van der Waals surface area contributed by atoms with E-state index in [0.29, 0.717) is 0 Å². The first kappa shape index (κ1) is 19.9. The van der Waals surface area contributed by atoms with Crippen molar-refractivity contribution in [3.8, 4) is 0 Å². The normalized spacial score (nSPS) is 15.9. The molecule has 0 amide bonds. The molecule has 0 bridgehead atoms. The molecule has 4 aromatic carbocycles. The SMILES string of the molecule is CCCCC(C)(NC1=CC=CCC1)c1ccc2c3ccccc3c3ccccc3c2c1. The third kappa shape index (κ3) is 3.63. The van der Waals surface area contributed by atoms with Crippen LogP contribution in [0.25, 0.3) is 32.3 Å². The highest BCUT2D eigenvalue weighted by atomic mass is 15.0. The van der Waals surface area contributed by atoms with Crippen LogP contribution in [0.2, 0.25) is 0 Å². The number of nitrogens with one attached hydrogen (secondary N) is 1. The van der Waals surface area contributed by atoms with Gasteiger partial charge >= 0.3 is 0 Å². The highest BCUT2D eigenvalue weighted by Gasteiger charge is 2.27. The number of hydrogen-bond acceptors (Lipinski definition) is 1. The van der Waals surface area contributed by atoms with Crippen LogP contribution in [0.15, 0.2) is 90.7 Å². The van der Waals surface area contributed by atoms with E-state index in [1.807, 2.05) is 0 Å². The van der Waals surface area contributed by atoms with Gasteiger partial charge in [-0.05, 0) is 76.2 Å². The molecule has 0 saturated carbocycles. The van der Waals surface area contributed by atoms with Crippen molar-refractivity contribution in [2.45, 2.75) is 51.5 Å². The summed E-state index contributed by atoms with van der Waals surface area (Å²) < 4.78 is 0. The van der Waals surface area contributed by atoms with Gasteiger partial charge in [-0.2, -0.15) is 0 Å². The monoisotopic (exact) mass is 405 g/mol. The molecule has 0 aliphatic heterocycles. The van der Waals surface area contributed by atoms with E-state index in [9.17, 15) is 0 Å². The van der Waals surface area contributed by atoms with E-state index in [1.165, 1.54) is 56.4 Å². The van der Waals surface area contributed by atoms with Crippen LogP contribution in [0.4, 0.5) is 0 Å². The molecule has 156 valence electrons. The van der Waals surface area contributed by atoms with Gasteiger partial charge in [-0.3, -0.25) is 0 Å². The van der Waals surface area contributed by atoms with Crippen LogP contribution >= 0.6 is 0 Å². The number of unbranched alkanes of at least 4 members (excludes halogenated alkanes) is 1. The Bertz CT molecular complexity index is 1280. The quantitative estimate of drug-likeness (QED) is 0.318. The molecule has 0 aromatic heterocycles. The lowest BCUT2D eigenvalue weighted by atomic mass is 9.83. The topological polar surface area (TPSA) is 12.0 Å². The maximum atomic E-state index is 3.94. The first-order valence-electron chi connectivity index (χ1n) is 11.7. The van der Waals surface area contributed by atoms with E-state index in [0.717, 1.165) is 19.3 Å². The summed E-state index contributed by atoms with van der Waals surface area (Å²) in [6, 6.07) is 24.8. The summed E-state index contributed by atoms with van der Waals surface area (Å²) in [7, 11) is 0. The number of benzene rings is 4. The maximum Gasteiger partial charge on any atom is 0.0594 e. The Morgan fingerprint density at radius 1 is 0.806 bits per heavy atom. The molecule has 1 nitrogen and oxygen atoms in total. The van der Waals surface area contributed by atoms with Gasteiger partial charge in [-0.25, -0.2) is 0 Å². The molecule has 1 N–H and O–H groups in total. The highest BCUT2D eigenvalue weighted by molar-refractivity contribution is 6.25. The summed E-state index contributed by atoms with van der Waals surface area (Å²) in [5, 5.41) is 12.0. The molecule has 1 atom stereocenters. The number of fused-ring (bicyclic) bond motifs is 6. The van der Waals surface area contributed by atoms with Crippen LogP contribution < -0.4 is 5.32 Å². The molecule has 1 unspecified atom stereocenters. The first-order chi connectivity index (χ1) is 15.2. The molecule has 5 rings (SSSR count). The zero-order valence-corrected chi connectivity index (χ0v) is 18.6. The molecular weight excluding hydrogens is 374 g/mol. The van der Waals surface area contributed by atoms with Gasteiger partial charge < -0.3 is 5.32 Å². The molecule has 0 radical (unpaired) electrons. The van der Waals surface area contributed by atoms with E-state index >= 15 is 0 Å². The van der Waals surface area contributed by atoms with Gasteiger partial charge in [0, 0.05) is 5.70 Å². The van der Waals surface area contributed by atoms with Crippen molar-refractivity contribution in [3.63, 3.8) is 0 Å². The molecular formula is C30H31N. The Morgan fingerprint density at radius 2 is 1.42 bits per heavy atom. The lowest BCUT2D eigenvalue weighted by Crippen LogP contribution is -2.39. The zero-order valence-electron chi connectivity index (χ0n) is 18.6. The molecule has 0 heterocycles. The second-order valence-electron chi connectivity index (χ2n) is 9.07. The second-order valence-corrected chi connectivity index (χ2v) is 9.07. The summed E-state index contributed by atoms with van der Waals surface area (Å²) in [5.74, 6) is 0. The van der Waals surface area contributed by atoms with Crippen molar-refractivity contribution < 1.29 is 0 Å². The van der Waals surface area contributed by atoms with Gasteiger partial charge in [-0.1, -0.05) is 92.6 Å². The van der Waals surface area contributed by atoms with Crippen LogP contribution in [0.1, 0.15) is 51.5 Å². The third-order valence-corrected chi connectivity index (χ3v) is 6.86. The molecule has 1 aliphatic rings. The Balaban J connectivity index is 1.71. The van der Waals surface area contributed by atoms with E-state index in [1.54, 1.807) is 0 Å². The van der Waals surface area contributed by atoms with E-state index < -0.39 is 0 Å². The summed E-state index contributed by atoms with van der Waals surface area (Å²) in [5.41, 5.74) is 2.66. The van der Waals surface area contributed by atoms with Crippen LogP contribution in [0.3, 0.4) is 0 Å². The number of hydrogen-bond donors (Lipinski definition) is 1. The molecule has 0 spiro atoms. The fourth-order valence-corrected chi connectivity index (χ4v) is 5.12. The lowest BCUT2D eigenvalue weighted by Gasteiger charge is -2.35. The predicted molar refractivity (Wildman–Crippen MR) is 135 cm³/mol. The average Bonchev–Trinajstić information content (AvgIpc) is 2.83. The Morgan fingerprint density at radius 3 is 2.00 bits per heavy atom. The molecule has 31 heavy (non-hydrogen) atoms. The van der Waals surface area contributed by atoms with Gasteiger partial charge in [0.15, 0.2) is 0 Å². The fourth-order valence-electron chi connectivity index (χ4n) is 5.12. The Hall–Kier alpha value is -3.06. The summed E-state index contributed by atoms with van der Waals surface area (Å²) in [4.78, 5) is 0. The van der Waals surface area contributed by atoms with Gasteiger partial charge in [0.25, 0.3) is 0 Å². The fraction of sp³-hybridized carbons (Fsp3) is 0.267. The van der Waals surface area contributed by atoms with Gasteiger partial charge in [0.05, 0.1) is 5.54 Å². The van der Waals surface area contributed by atoms with Crippen LogP contribution in [-0.4, -0.2) is 0 Å². The minimum atomic E-state index is -0.0754. The van der Waals surface area contributed by atoms with Crippen molar-refractivity contribution in [2.75, 3.05) is 0 Å². The lowest BCUT2D eigenvalue weighted by molar-refractivity contribution is 0.356. The Kier molecular flexibility index (Phi) is 5.28. The number of rotatable bonds is 6. The molecule has 1 aliphatic carbocycles. The van der Waals surface area contributed by atoms with E-state index in [4.69, 9.17) is 0 Å². The zero-order chi connectivity index (χ0) is 21.3. The minimum Gasteiger partial charge on any atom is -0.379 e. The minimum absolute atomic E-state index is 0.0754. The van der Waals surface area contributed by atoms with Gasteiger partial charge in [0.2, 0.25) is 0 Å². The molecule has 0 fully saturated rings. The first-order valence-corrected chi connectivity index (χ1v) is 11.7. The van der Waals surface area contributed by atoms with Crippen LogP contribution in [-0.2, 0) is 5.54 Å². The largest absolute Gasteiger partial charge is 0.379 e. The van der Waals surface area contributed by atoms with Crippen molar-refractivity contribution in [1.29, 1.82) is 0 Å². The van der Waals surface area contributed by atoms with Crippen molar-refractivity contribution >= 4 is 32.3 Å². The predicted octanol–water partition coefficient (Wildman–Crippen LogP) is 8.38. The van der Waals surface area contributed by atoms with E-state index in [-0.39, 0.29) is 5.54 Å². The summed E-state index contributed by atoms with van der Waals surface area (Å²) in [6.45, 7) is 4.66. The Labute approximate surface area is 185 Å². The molecule has 0 saturated heterocycles. The smallest absolute Gasteiger partial charge is 0.0594 e. The standard InChI is InChI=1S/C30H31N/c1-3-4-20-30(2,31-23-12-6-5-7-13-23)22-18-19-28-26-16-9-8-14-24(26)25-15-10-11-17-27(25)29(28)21-22/h5-6,8-12,14-19,21,31H,3-4,7,13,20H2,1-2H3. The summed E-state index contributed by atoms with van der Waals surface area (Å²) >= 11 is 0. The van der Waals surface area contributed by atoms with Gasteiger partial charge in [0.1, 0.15) is 0 Å². The highest BCUT2D eigenvalue weighted by Crippen LogP contribution is 2.38. The van der Waals surface area contributed by atoms with Crippen molar-refractivity contribution in [2.24, 2.45) is 0 Å². The third-order valence-electron chi connectivity index (χ3n) is 6.86. The average molecular weight is 406 g/mol. The van der Waals surface area contributed by atoms with Crippen LogP contribution in [0, 0.1) is 0 Å². The van der Waals surface area contributed by atoms with Gasteiger partial charge in [-0.15, -0.1) is 0 Å². The summed E-state index contributed by atoms with van der Waals surface area (Å²) in [6.07, 6.45) is 12.4.